The van der Waals surface area contributed by atoms with E-state index in [-0.39, 0.29) is 23.9 Å². The number of alkyl halides is 2. The zero-order valence-electron chi connectivity index (χ0n) is 20.2. The molecule has 5 heterocycles. The summed E-state index contributed by atoms with van der Waals surface area (Å²) in [6.07, 6.45) is 6.56. The first-order chi connectivity index (χ1) is 17.5. The average molecular weight is 497 g/mol. The van der Waals surface area contributed by atoms with Crippen LogP contribution in [0.1, 0.15) is 74.0 Å². The summed E-state index contributed by atoms with van der Waals surface area (Å²) in [4.78, 5) is 24.7. The molecule has 1 N–H and O–H groups in total. The van der Waals surface area contributed by atoms with Gasteiger partial charge < -0.3 is 15.0 Å². The summed E-state index contributed by atoms with van der Waals surface area (Å²) in [5.74, 6) is 0.949. The molecule has 0 spiro atoms. The summed E-state index contributed by atoms with van der Waals surface area (Å²) in [6.45, 7) is 3.62. The Morgan fingerprint density at radius 2 is 2.03 bits per heavy atom. The third kappa shape index (κ3) is 4.21. The first-order valence-corrected chi connectivity index (χ1v) is 12.8. The standard InChI is InChI=1S/C26H30F2N6O2/c1-2-15-3-5-16(6-4-15)34-13-21(24(32-34)25(27)28)30-26(35)19-9-10-29-20-7-8-22(31-23(19)20)33-12-18-11-17(33)14-36-18/h7-10,13,15-18,25H,2-6,11-12,14H2,1H3,(H,30,35)/t15-,16-,17?,18?. The number of pyridine rings is 2. The van der Waals surface area contributed by atoms with E-state index in [9.17, 15) is 13.6 Å². The number of nitrogens with zero attached hydrogens (tertiary/aromatic N) is 5. The number of carbonyl (C=O) groups excluding carboxylic acids is 1. The maximum Gasteiger partial charge on any atom is 0.284 e. The molecule has 2 bridgehead atoms. The van der Waals surface area contributed by atoms with Gasteiger partial charge in [-0.05, 0) is 56.2 Å². The van der Waals surface area contributed by atoms with Crippen LogP contribution in [-0.4, -0.2) is 51.0 Å². The number of ether oxygens (including phenoxy) is 1. The van der Waals surface area contributed by atoms with Crippen molar-refractivity contribution in [1.82, 2.24) is 19.7 Å². The second kappa shape index (κ2) is 9.38. The van der Waals surface area contributed by atoms with E-state index < -0.39 is 18.0 Å². The highest BCUT2D eigenvalue weighted by Crippen LogP contribution is 2.36. The molecule has 1 saturated carbocycles. The molecule has 0 aromatic carbocycles. The molecule has 2 aliphatic heterocycles. The molecule has 3 aliphatic rings. The Morgan fingerprint density at radius 1 is 1.19 bits per heavy atom. The Balaban J connectivity index is 1.27. The molecule has 2 unspecified atom stereocenters. The molecular formula is C26H30F2N6O2. The summed E-state index contributed by atoms with van der Waals surface area (Å²) in [7, 11) is 0. The van der Waals surface area contributed by atoms with Gasteiger partial charge in [-0.2, -0.15) is 5.10 Å². The quantitative estimate of drug-likeness (QED) is 0.509. The lowest BCUT2D eigenvalue weighted by molar-refractivity contribution is 0.0988. The number of hydrogen-bond acceptors (Lipinski definition) is 6. The van der Waals surface area contributed by atoms with Crippen molar-refractivity contribution in [1.29, 1.82) is 0 Å². The summed E-state index contributed by atoms with van der Waals surface area (Å²) in [5, 5.41) is 6.88. The van der Waals surface area contributed by atoms with Gasteiger partial charge in [0.05, 0.1) is 41.6 Å². The van der Waals surface area contributed by atoms with Crippen molar-refractivity contribution in [3.8, 4) is 0 Å². The van der Waals surface area contributed by atoms with Crippen LogP contribution in [0.15, 0.2) is 30.6 Å². The Hall–Kier alpha value is -3.14. The number of morpholine rings is 1. The molecule has 1 aliphatic carbocycles. The van der Waals surface area contributed by atoms with Gasteiger partial charge in [0.25, 0.3) is 12.3 Å². The van der Waals surface area contributed by atoms with E-state index in [1.807, 2.05) is 12.1 Å². The van der Waals surface area contributed by atoms with E-state index in [4.69, 9.17) is 9.72 Å². The maximum atomic E-state index is 13.9. The van der Waals surface area contributed by atoms with Crippen LogP contribution in [-0.2, 0) is 4.74 Å². The molecule has 3 aromatic rings. The number of nitrogens with one attached hydrogen (secondary N) is 1. The van der Waals surface area contributed by atoms with Crippen molar-refractivity contribution in [2.75, 3.05) is 23.4 Å². The SMILES string of the molecule is CC[C@H]1CC[C@H](n2cc(NC(=O)c3ccnc4ccc(N5CC6CC5CO6)nc34)c(C(F)F)n2)CC1. The molecule has 190 valence electrons. The minimum atomic E-state index is -2.79. The summed E-state index contributed by atoms with van der Waals surface area (Å²) >= 11 is 0. The Morgan fingerprint density at radius 3 is 2.72 bits per heavy atom. The fraction of sp³-hybridized carbons (Fsp3) is 0.538. The summed E-state index contributed by atoms with van der Waals surface area (Å²) in [6, 6.07) is 5.68. The molecule has 6 rings (SSSR count). The van der Waals surface area contributed by atoms with Crippen LogP contribution in [0.4, 0.5) is 20.3 Å². The van der Waals surface area contributed by atoms with Crippen LogP contribution in [0.3, 0.4) is 0 Å². The molecule has 36 heavy (non-hydrogen) atoms. The number of carbonyl (C=O) groups is 1. The van der Waals surface area contributed by atoms with Gasteiger partial charge in [-0.25, -0.2) is 13.8 Å². The van der Waals surface area contributed by atoms with Crippen LogP contribution >= 0.6 is 0 Å². The normalized spacial score (nSPS) is 25.7. The molecule has 1 amide bonds. The first kappa shape index (κ1) is 23.3. The van der Waals surface area contributed by atoms with Crippen LogP contribution < -0.4 is 10.2 Å². The predicted octanol–water partition coefficient (Wildman–Crippen LogP) is 5.14. The minimum absolute atomic E-state index is 0.0442. The minimum Gasteiger partial charge on any atom is -0.374 e. The lowest BCUT2D eigenvalue weighted by atomic mass is 9.85. The molecule has 2 saturated heterocycles. The van der Waals surface area contributed by atoms with E-state index in [1.54, 1.807) is 16.9 Å². The highest BCUT2D eigenvalue weighted by Gasteiger charge is 2.39. The molecule has 2 atom stereocenters. The number of aromatic nitrogens is 4. The van der Waals surface area contributed by atoms with Gasteiger partial charge in [-0.1, -0.05) is 13.3 Å². The molecule has 3 aromatic heterocycles. The van der Waals surface area contributed by atoms with Gasteiger partial charge >= 0.3 is 0 Å². The highest BCUT2D eigenvalue weighted by molar-refractivity contribution is 6.11. The third-order valence-electron chi connectivity index (χ3n) is 7.99. The van der Waals surface area contributed by atoms with E-state index in [0.29, 0.717) is 29.1 Å². The fourth-order valence-corrected chi connectivity index (χ4v) is 5.90. The number of anilines is 2. The fourth-order valence-electron chi connectivity index (χ4n) is 5.90. The Labute approximate surface area is 208 Å². The van der Waals surface area contributed by atoms with Crippen LogP contribution in [0.2, 0.25) is 0 Å². The van der Waals surface area contributed by atoms with E-state index in [1.165, 1.54) is 6.20 Å². The van der Waals surface area contributed by atoms with E-state index in [0.717, 1.165) is 50.9 Å². The van der Waals surface area contributed by atoms with Crippen molar-refractivity contribution in [3.05, 3.63) is 41.9 Å². The average Bonchev–Trinajstić information content (AvgIpc) is 3.64. The topological polar surface area (TPSA) is 85.2 Å². The summed E-state index contributed by atoms with van der Waals surface area (Å²) < 4.78 is 35.0. The Kier molecular flexibility index (Phi) is 6.07. The highest BCUT2D eigenvalue weighted by atomic mass is 19.3. The number of rotatable bonds is 6. The monoisotopic (exact) mass is 496 g/mol. The first-order valence-electron chi connectivity index (χ1n) is 12.8. The second-order valence-corrected chi connectivity index (χ2v) is 10.1. The molecular weight excluding hydrogens is 466 g/mol. The zero-order chi connectivity index (χ0) is 24.8. The van der Waals surface area contributed by atoms with Gasteiger partial charge in [0, 0.05) is 18.9 Å². The van der Waals surface area contributed by atoms with Gasteiger partial charge in [0.15, 0.2) is 5.69 Å². The lowest BCUT2D eigenvalue weighted by Crippen LogP contribution is -2.37. The molecule has 3 fully saturated rings. The largest absolute Gasteiger partial charge is 0.374 e. The van der Waals surface area contributed by atoms with Crippen molar-refractivity contribution < 1.29 is 18.3 Å². The maximum absolute atomic E-state index is 13.9. The number of hydrogen-bond donors (Lipinski definition) is 1. The summed E-state index contributed by atoms with van der Waals surface area (Å²) in [5.41, 5.74) is 0.951. The second-order valence-electron chi connectivity index (χ2n) is 10.1. The van der Waals surface area contributed by atoms with E-state index in [2.05, 4.69) is 27.2 Å². The zero-order valence-corrected chi connectivity index (χ0v) is 20.2. The van der Waals surface area contributed by atoms with Gasteiger partial charge in [0.2, 0.25) is 0 Å². The van der Waals surface area contributed by atoms with Gasteiger partial charge in [0.1, 0.15) is 11.3 Å². The van der Waals surface area contributed by atoms with Crippen molar-refractivity contribution in [3.63, 3.8) is 0 Å². The van der Waals surface area contributed by atoms with Crippen LogP contribution in [0.25, 0.3) is 11.0 Å². The molecule has 10 heteroatoms. The number of fused-ring (bicyclic) bond motifs is 3. The van der Waals surface area contributed by atoms with E-state index >= 15 is 0 Å². The third-order valence-corrected chi connectivity index (χ3v) is 7.99. The predicted molar refractivity (Wildman–Crippen MR) is 131 cm³/mol. The molecule has 0 radical (unpaired) electrons. The van der Waals surface area contributed by atoms with Crippen LogP contribution in [0, 0.1) is 5.92 Å². The van der Waals surface area contributed by atoms with Crippen molar-refractivity contribution in [2.45, 2.75) is 70.1 Å². The number of amides is 1. The van der Waals surface area contributed by atoms with Crippen molar-refractivity contribution >= 4 is 28.4 Å². The molecule has 8 nitrogen and oxygen atoms in total. The number of halogens is 2. The lowest BCUT2D eigenvalue weighted by Gasteiger charge is -2.28. The van der Waals surface area contributed by atoms with Crippen molar-refractivity contribution in [2.24, 2.45) is 5.92 Å². The smallest absolute Gasteiger partial charge is 0.284 e. The van der Waals surface area contributed by atoms with Crippen LogP contribution in [0.5, 0.6) is 0 Å². The van der Waals surface area contributed by atoms with Gasteiger partial charge in [-0.3, -0.25) is 14.5 Å². The van der Waals surface area contributed by atoms with Gasteiger partial charge in [-0.15, -0.1) is 0 Å². The Bertz CT molecular complexity index is 1270.